The van der Waals surface area contributed by atoms with Crippen molar-refractivity contribution >= 4 is 22.6 Å². The lowest BCUT2D eigenvalue weighted by Gasteiger charge is -2.28. The van der Waals surface area contributed by atoms with E-state index in [2.05, 4.69) is 10.3 Å². The summed E-state index contributed by atoms with van der Waals surface area (Å²) in [5.74, 6) is 0. The number of hydrogen-bond acceptors (Lipinski definition) is 2. The summed E-state index contributed by atoms with van der Waals surface area (Å²) in [6.07, 6.45) is 2.74. The van der Waals surface area contributed by atoms with Gasteiger partial charge in [0.2, 0.25) is 0 Å². The Labute approximate surface area is 99.3 Å². The van der Waals surface area contributed by atoms with E-state index in [9.17, 15) is 4.79 Å². The summed E-state index contributed by atoms with van der Waals surface area (Å²) < 4.78 is 0. The summed E-state index contributed by atoms with van der Waals surface area (Å²) in [7, 11) is 0. The van der Waals surface area contributed by atoms with Crippen LogP contribution in [0.2, 0.25) is 0 Å². The Morgan fingerprint density at radius 1 is 1.24 bits per heavy atom. The largest absolute Gasteiger partial charge is 0.338 e. The number of aromatic nitrogens is 1. The average molecular weight is 227 g/mol. The third kappa shape index (κ3) is 1.71. The molecule has 1 aromatic carbocycles. The van der Waals surface area contributed by atoms with Gasteiger partial charge in [-0.05, 0) is 30.7 Å². The molecule has 1 aliphatic rings. The molecular formula is C13H13N3O. The number of nitrogens with one attached hydrogen (secondary N) is 1. The Morgan fingerprint density at radius 2 is 2.18 bits per heavy atom. The monoisotopic (exact) mass is 227 g/mol. The lowest BCUT2D eigenvalue weighted by molar-refractivity contribution is 0.243. The van der Waals surface area contributed by atoms with Crippen molar-refractivity contribution in [1.82, 2.24) is 10.3 Å². The molecule has 1 N–H and O–H groups in total. The van der Waals surface area contributed by atoms with E-state index in [1.807, 2.05) is 30.3 Å². The number of hydrogen-bond donors (Lipinski definition) is 1. The number of amides is 2. The van der Waals surface area contributed by atoms with Gasteiger partial charge in [0.05, 0.1) is 11.2 Å². The van der Waals surface area contributed by atoms with Gasteiger partial charge in [0.25, 0.3) is 0 Å². The van der Waals surface area contributed by atoms with Crippen LogP contribution >= 0.6 is 0 Å². The molecule has 0 aliphatic carbocycles. The number of fused-ring (bicyclic) bond motifs is 1. The number of anilines is 1. The van der Waals surface area contributed by atoms with Gasteiger partial charge >= 0.3 is 6.03 Å². The molecule has 0 unspecified atom stereocenters. The van der Waals surface area contributed by atoms with Crippen LogP contribution in [0.5, 0.6) is 0 Å². The van der Waals surface area contributed by atoms with Crippen LogP contribution in [0.25, 0.3) is 10.9 Å². The summed E-state index contributed by atoms with van der Waals surface area (Å²) in [4.78, 5) is 17.9. The maximum atomic E-state index is 11.8. The highest BCUT2D eigenvalue weighted by Gasteiger charge is 2.20. The second-order valence-corrected chi connectivity index (χ2v) is 4.08. The fraction of sp³-hybridized carbons (Fsp3) is 0.231. The number of rotatable bonds is 1. The minimum Gasteiger partial charge on any atom is -0.338 e. The molecule has 0 radical (unpaired) electrons. The van der Waals surface area contributed by atoms with Crippen LogP contribution in [0.3, 0.4) is 0 Å². The van der Waals surface area contributed by atoms with Crippen molar-refractivity contribution in [3.63, 3.8) is 0 Å². The smallest absolute Gasteiger partial charge is 0.321 e. The summed E-state index contributed by atoms with van der Waals surface area (Å²) in [5.41, 5.74) is 1.86. The number of urea groups is 1. The summed E-state index contributed by atoms with van der Waals surface area (Å²) in [5, 5.41) is 3.88. The van der Waals surface area contributed by atoms with Gasteiger partial charge in [-0.1, -0.05) is 6.07 Å². The zero-order chi connectivity index (χ0) is 11.7. The molecule has 0 spiro atoms. The Kier molecular flexibility index (Phi) is 2.40. The van der Waals surface area contributed by atoms with E-state index in [0.717, 1.165) is 36.1 Å². The van der Waals surface area contributed by atoms with Crippen molar-refractivity contribution in [3.05, 3.63) is 36.5 Å². The van der Waals surface area contributed by atoms with Crippen LogP contribution in [0, 0.1) is 0 Å². The van der Waals surface area contributed by atoms with Crippen molar-refractivity contribution < 1.29 is 4.79 Å². The summed E-state index contributed by atoms with van der Waals surface area (Å²) in [6.45, 7) is 1.53. The zero-order valence-corrected chi connectivity index (χ0v) is 9.39. The Hall–Kier alpha value is -2.10. The molecule has 0 bridgehead atoms. The van der Waals surface area contributed by atoms with E-state index in [1.54, 1.807) is 11.1 Å². The van der Waals surface area contributed by atoms with Crippen molar-refractivity contribution in [2.45, 2.75) is 6.42 Å². The van der Waals surface area contributed by atoms with Crippen molar-refractivity contribution in [1.29, 1.82) is 0 Å². The fourth-order valence-electron chi connectivity index (χ4n) is 2.18. The van der Waals surface area contributed by atoms with Gasteiger partial charge in [-0.15, -0.1) is 0 Å². The standard InChI is InChI=1S/C13H13N3O/c17-13-15-8-3-9-16(13)12-6-1-5-11-10(12)4-2-7-14-11/h1-2,4-7H,3,8-9H2,(H,15,17). The molecule has 1 saturated heterocycles. The minimum absolute atomic E-state index is 0.0207. The Morgan fingerprint density at radius 3 is 3.06 bits per heavy atom. The fourth-order valence-corrected chi connectivity index (χ4v) is 2.18. The highest BCUT2D eigenvalue weighted by atomic mass is 16.2. The van der Waals surface area contributed by atoms with Gasteiger partial charge in [-0.25, -0.2) is 4.79 Å². The highest BCUT2D eigenvalue weighted by molar-refractivity contribution is 6.02. The molecule has 17 heavy (non-hydrogen) atoms. The number of benzene rings is 1. The van der Waals surface area contributed by atoms with Crippen molar-refractivity contribution in [2.75, 3.05) is 18.0 Å². The SMILES string of the molecule is O=C1NCCCN1c1cccc2ncccc12. The Bertz CT molecular complexity index is 562. The van der Waals surface area contributed by atoms with Gasteiger partial charge < -0.3 is 5.32 Å². The number of carbonyl (C=O) groups excluding carboxylic acids is 1. The van der Waals surface area contributed by atoms with E-state index in [1.165, 1.54) is 0 Å². The molecule has 2 heterocycles. The highest BCUT2D eigenvalue weighted by Crippen LogP contribution is 2.26. The molecule has 4 heteroatoms. The molecule has 2 amide bonds. The molecule has 1 fully saturated rings. The van der Waals surface area contributed by atoms with E-state index in [0.29, 0.717) is 0 Å². The van der Waals surface area contributed by atoms with Gasteiger partial charge in [0.1, 0.15) is 0 Å². The van der Waals surface area contributed by atoms with Crippen LogP contribution in [0.1, 0.15) is 6.42 Å². The van der Waals surface area contributed by atoms with Gasteiger partial charge in [0.15, 0.2) is 0 Å². The maximum absolute atomic E-state index is 11.8. The predicted molar refractivity (Wildman–Crippen MR) is 67.1 cm³/mol. The van der Waals surface area contributed by atoms with E-state index in [-0.39, 0.29) is 6.03 Å². The summed E-state index contributed by atoms with van der Waals surface area (Å²) in [6, 6.07) is 9.74. The molecular weight excluding hydrogens is 214 g/mol. The van der Waals surface area contributed by atoms with Gasteiger partial charge in [0, 0.05) is 24.7 Å². The van der Waals surface area contributed by atoms with Gasteiger partial charge in [-0.2, -0.15) is 0 Å². The molecule has 4 nitrogen and oxygen atoms in total. The molecule has 86 valence electrons. The van der Waals surface area contributed by atoms with E-state index in [4.69, 9.17) is 0 Å². The van der Waals surface area contributed by atoms with Crippen LogP contribution in [-0.4, -0.2) is 24.1 Å². The molecule has 0 atom stereocenters. The summed E-state index contributed by atoms with van der Waals surface area (Å²) >= 11 is 0. The maximum Gasteiger partial charge on any atom is 0.321 e. The second-order valence-electron chi connectivity index (χ2n) is 4.08. The zero-order valence-electron chi connectivity index (χ0n) is 9.39. The lowest BCUT2D eigenvalue weighted by Crippen LogP contribution is -2.46. The number of carbonyl (C=O) groups is 1. The van der Waals surface area contributed by atoms with Gasteiger partial charge in [-0.3, -0.25) is 9.88 Å². The van der Waals surface area contributed by atoms with Crippen LogP contribution in [-0.2, 0) is 0 Å². The first-order valence-electron chi connectivity index (χ1n) is 5.75. The Balaban J connectivity index is 2.13. The quantitative estimate of drug-likeness (QED) is 0.811. The topological polar surface area (TPSA) is 45.2 Å². The molecule has 1 aliphatic heterocycles. The first kappa shape index (κ1) is 10.1. The van der Waals surface area contributed by atoms with Crippen molar-refractivity contribution in [3.8, 4) is 0 Å². The molecule has 1 aromatic heterocycles. The molecule has 2 aromatic rings. The van der Waals surface area contributed by atoms with Crippen LogP contribution in [0.4, 0.5) is 10.5 Å². The van der Waals surface area contributed by atoms with E-state index >= 15 is 0 Å². The normalized spacial score (nSPS) is 16.0. The second kappa shape index (κ2) is 4.05. The minimum atomic E-state index is -0.0207. The molecule has 0 saturated carbocycles. The first-order valence-corrected chi connectivity index (χ1v) is 5.75. The third-order valence-corrected chi connectivity index (χ3v) is 2.99. The van der Waals surface area contributed by atoms with Crippen molar-refractivity contribution in [2.24, 2.45) is 0 Å². The van der Waals surface area contributed by atoms with Crippen LogP contribution in [0.15, 0.2) is 36.5 Å². The van der Waals surface area contributed by atoms with E-state index < -0.39 is 0 Å². The first-order chi connectivity index (χ1) is 8.36. The molecule has 3 rings (SSSR count). The average Bonchev–Trinajstić information content (AvgIpc) is 2.39. The third-order valence-electron chi connectivity index (χ3n) is 2.99. The lowest BCUT2D eigenvalue weighted by atomic mass is 10.1. The van der Waals surface area contributed by atoms with Crippen LogP contribution < -0.4 is 10.2 Å². The predicted octanol–water partition coefficient (Wildman–Crippen LogP) is 2.15. The number of nitrogens with zero attached hydrogens (tertiary/aromatic N) is 2. The number of pyridine rings is 1.